The molecule has 0 saturated heterocycles. The first-order valence-corrected chi connectivity index (χ1v) is 5.56. The molecule has 0 aromatic carbocycles. The number of thioether (sulfide) groups is 1. The van der Waals surface area contributed by atoms with Crippen LogP contribution in [0.4, 0.5) is 5.95 Å². The van der Waals surface area contributed by atoms with Gasteiger partial charge in [-0.15, -0.1) is 10.2 Å². The van der Waals surface area contributed by atoms with Crippen molar-refractivity contribution in [2.75, 3.05) is 5.73 Å². The zero-order valence-corrected chi connectivity index (χ0v) is 8.87. The molecule has 1 heterocycles. The van der Waals surface area contributed by atoms with Crippen LogP contribution in [0.2, 0.25) is 0 Å². The Labute approximate surface area is 86.7 Å². The van der Waals surface area contributed by atoms with E-state index in [2.05, 4.69) is 10.2 Å². The van der Waals surface area contributed by atoms with Crippen molar-refractivity contribution < 1.29 is 5.11 Å². The summed E-state index contributed by atoms with van der Waals surface area (Å²) in [4.78, 5) is 0. The number of aliphatic hydroxyl groups excluding tert-OH is 1. The van der Waals surface area contributed by atoms with Crippen LogP contribution in [-0.2, 0) is 7.05 Å². The number of hydrogen-bond acceptors (Lipinski definition) is 5. The molecular formula is C8H14N4OS. The van der Waals surface area contributed by atoms with Crippen molar-refractivity contribution in [2.45, 2.75) is 35.8 Å². The van der Waals surface area contributed by atoms with Crippen molar-refractivity contribution in [2.24, 2.45) is 7.05 Å². The number of nitrogens with two attached hydrogens (primary N) is 1. The average molecular weight is 214 g/mol. The van der Waals surface area contributed by atoms with E-state index in [1.54, 1.807) is 16.3 Å². The Bertz CT molecular complexity index is 327. The van der Waals surface area contributed by atoms with E-state index in [9.17, 15) is 5.11 Å². The van der Waals surface area contributed by atoms with Gasteiger partial charge in [-0.1, -0.05) is 11.8 Å². The number of aromatic nitrogens is 3. The second-order valence-electron chi connectivity index (χ2n) is 3.55. The van der Waals surface area contributed by atoms with Gasteiger partial charge in [0.25, 0.3) is 0 Å². The normalized spacial score (nSPS) is 27.0. The number of aliphatic hydroxyl groups is 1. The van der Waals surface area contributed by atoms with Crippen LogP contribution in [0.5, 0.6) is 0 Å². The quantitative estimate of drug-likeness (QED) is 0.745. The summed E-state index contributed by atoms with van der Waals surface area (Å²) in [5, 5.41) is 18.4. The maximum atomic E-state index is 9.64. The Morgan fingerprint density at radius 2 is 2.29 bits per heavy atom. The first-order chi connectivity index (χ1) is 6.68. The maximum absolute atomic E-state index is 9.64. The van der Waals surface area contributed by atoms with E-state index in [0.717, 1.165) is 24.4 Å². The predicted octanol–water partition coefficient (Wildman–Crippen LogP) is 0.403. The molecule has 0 bridgehead atoms. The summed E-state index contributed by atoms with van der Waals surface area (Å²) >= 11 is 1.57. The molecule has 6 heteroatoms. The third-order valence-electron chi connectivity index (χ3n) is 2.54. The van der Waals surface area contributed by atoms with Crippen LogP contribution in [-0.4, -0.2) is 31.2 Å². The molecule has 78 valence electrons. The summed E-state index contributed by atoms with van der Waals surface area (Å²) in [6.07, 6.45) is 2.81. The van der Waals surface area contributed by atoms with E-state index in [1.165, 1.54) is 0 Å². The van der Waals surface area contributed by atoms with E-state index >= 15 is 0 Å². The molecule has 0 aliphatic heterocycles. The molecule has 0 amide bonds. The smallest absolute Gasteiger partial charge is 0.222 e. The van der Waals surface area contributed by atoms with Gasteiger partial charge in [0, 0.05) is 12.3 Å². The minimum absolute atomic E-state index is 0.210. The van der Waals surface area contributed by atoms with Crippen LogP contribution in [0, 0.1) is 0 Å². The zero-order valence-electron chi connectivity index (χ0n) is 8.05. The van der Waals surface area contributed by atoms with Crippen molar-refractivity contribution >= 4 is 17.7 Å². The lowest BCUT2D eigenvalue weighted by atomic mass is 10.3. The molecule has 0 spiro atoms. The summed E-state index contributed by atoms with van der Waals surface area (Å²) < 4.78 is 1.75. The Balaban J connectivity index is 2.07. The van der Waals surface area contributed by atoms with Crippen LogP contribution >= 0.6 is 11.8 Å². The Morgan fingerprint density at radius 1 is 1.50 bits per heavy atom. The third kappa shape index (κ3) is 1.72. The van der Waals surface area contributed by atoms with Gasteiger partial charge in [0.1, 0.15) is 0 Å². The van der Waals surface area contributed by atoms with Crippen molar-refractivity contribution in [3.05, 3.63) is 0 Å². The van der Waals surface area contributed by atoms with Gasteiger partial charge in [-0.05, 0) is 19.3 Å². The lowest BCUT2D eigenvalue weighted by Gasteiger charge is -2.12. The standard InChI is InChI=1S/C8H14N4OS/c1-12-7(9)10-11-8(12)14-6-4-2-3-5(6)13/h5-6,13H,2-4H2,1H3,(H2,9,10). The monoisotopic (exact) mass is 214 g/mol. The molecule has 5 nitrogen and oxygen atoms in total. The maximum Gasteiger partial charge on any atom is 0.222 e. The van der Waals surface area contributed by atoms with Gasteiger partial charge < -0.3 is 10.8 Å². The van der Waals surface area contributed by atoms with E-state index in [1.807, 2.05) is 7.05 Å². The number of nitrogens with zero attached hydrogens (tertiary/aromatic N) is 3. The first-order valence-electron chi connectivity index (χ1n) is 4.68. The Morgan fingerprint density at radius 3 is 2.79 bits per heavy atom. The summed E-state index contributed by atoms with van der Waals surface area (Å²) in [6, 6.07) is 0. The molecule has 2 atom stereocenters. The van der Waals surface area contributed by atoms with Crippen LogP contribution < -0.4 is 5.73 Å². The van der Waals surface area contributed by atoms with Crippen LogP contribution in [0.1, 0.15) is 19.3 Å². The average Bonchev–Trinajstić information content (AvgIpc) is 2.68. The summed E-state index contributed by atoms with van der Waals surface area (Å²) in [7, 11) is 1.83. The molecule has 1 aromatic heterocycles. The minimum atomic E-state index is -0.210. The van der Waals surface area contributed by atoms with E-state index in [0.29, 0.717) is 5.95 Å². The lowest BCUT2D eigenvalue weighted by molar-refractivity contribution is 0.188. The molecule has 1 saturated carbocycles. The predicted molar refractivity (Wildman–Crippen MR) is 54.9 cm³/mol. The molecule has 1 aliphatic rings. The van der Waals surface area contributed by atoms with E-state index in [-0.39, 0.29) is 11.4 Å². The van der Waals surface area contributed by atoms with Gasteiger partial charge in [-0.2, -0.15) is 0 Å². The second-order valence-corrected chi connectivity index (χ2v) is 4.76. The Kier molecular flexibility index (Phi) is 2.64. The van der Waals surface area contributed by atoms with Gasteiger partial charge in [-0.3, -0.25) is 4.57 Å². The number of hydrogen-bond donors (Lipinski definition) is 2. The summed E-state index contributed by atoms with van der Waals surface area (Å²) in [5.74, 6) is 0.417. The highest BCUT2D eigenvalue weighted by molar-refractivity contribution is 7.99. The lowest BCUT2D eigenvalue weighted by Crippen LogP contribution is -2.15. The molecule has 1 aliphatic carbocycles. The van der Waals surface area contributed by atoms with Gasteiger partial charge >= 0.3 is 0 Å². The fourth-order valence-electron chi connectivity index (χ4n) is 1.61. The highest BCUT2D eigenvalue weighted by Gasteiger charge is 2.27. The van der Waals surface area contributed by atoms with Gasteiger partial charge in [0.15, 0.2) is 5.16 Å². The van der Waals surface area contributed by atoms with Crippen molar-refractivity contribution in [1.82, 2.24) is 14.8 Å². The molecule has 3 N–H and O–H groups in total. The number of anilines is 1. The fraction of sp³-hybridized carbons (Fsp3) is 0.750. The molecular weight excluding hydrogens is 200 g/mol. The van der Waals surface area contributed by atoms with Crippen molar-refractivity contribution in [1.29, 1.82) is 0 Å². The van der Waals surface area contributed by atoms with Gasteiger partial charge in [0.2, 0.25) is 5.95 Å². The van der Waals surface area contributed by atoms with Crippen molar-refractivity contribution in [3.63, 3.8) is 0 Å². The van der Waals surface area contributed by atoms with Crippen molar-refractivity contribution in [3.8, 4) is 0 Å². The largest absolute Gasteiger partial charge is 0.392 e. The summed E-state index contributed by atoms with van der Waals surface area (Å²) in [5.41, 5.74) is 5.56. The highest BCUT2D eigenvalue weighted by Crippen LogP contribution is 2.34. The van der Waals surface area contributed by atoms with E-state index < -0.39 is 0 Å². The Hall–Kier alpha value is -0.750. The third-order valence-corrected chi connectivity index (χ3v) is 3.96. The first kappa shape index (κ1) is 9.79. The van der Waals surface area contributed by atoms with Crippen LogP contribution in [0.25, 0.3) is 0 Å². The van der Waals surface area contributed by atoms with Gasteiger partial charge in [-0.25, -0.2) is 0 Å². The minimum Gasteiger partial charge on any atom is -0.392 e. The molecule has 2 unspecified atom stereocenters. The zero-order chi connectivity index (χ0) is 10.1. The molecule has 0 radical (unpaired) electrons. The SMILES string of the molecule is Cn1c(N)nnc1SC1CCCC1O. The second kappa shape index (κ2) is 3.78. The fourth-order valence-corrected chi connectivity index (χ4v) is 2.80. The van der Waals surface area contributed by atoms with Crippen LogP contribution in [0.3, 0.4) is 0 Å². The van der Waals surface area contributed by atoms with Gasteiger partial charge in [0.05, 0.1) is 6.10 Å². The topological polar surface area (TPSA) is 77.0 Å². The summed E-state index contributed by atoms with van der Waals surface area (Å²) in [6.45, 7) is 0. The van der Waals surface area contributed by atoms with Crippen LogP contribution in [0.15, 0.2) is 5.16 Å². The molecule has 1 fully saturated rings. The highest BCUT2D eigenvalue weighted by atomic mass is 32.2. The number of rotatable bonds is 2. The number of nitrogen functional groups attached to an aromatic ring is 1. The molecule has 2 rings (SSSR count). The molecule has 1 aromatic rings. The van der Waals surface area contributed by atoms with E-state index in [4.69, 9.17) is 5.73 Å². The molecule has 14 heavy (non-hydrogen) atoms.